The van der Waals surface area contributed by atoms with Crippen molar-refractivity contribution < 1.29 is 4.74 Å². The average molecular weight is 237 g/mol. The first-order chi connectivity index (χ1) is 7.79. The fraction of sp³-hybridized carbons (Fsp3) is 0.417. The standard InChI is InChI=1S/C12H13ClN2O/c13-10-2-1-9(8-14)12(7-10)15-11-3-5-16-6-4-11/h1-2,7,11,15H,3-6H2. The van der Waals surface area contributed by atoms with Crippen LogP contribution < -0.4 is 5.32 Å². The molecule has 0 unspecified atom stereocenters. The van der Waals surface area contributed by atoms with Gasteiger partial charge in [0.05, 0.1) is 11.3 Å². The normalized spacial score (nSPS) is 16.8. The summed E-state index contributed by atoms with van der Waals surface area (Å²) in [5, 5.41) is 13.0. The molecule has 84 valence electrons. The molecule has 0 bridgehead atoms. The maximum atomic E-state index is 8.98. The Morgan fingerprint density at radius 3 is 2.81 bits per heavy atom. The number of nitrogens with zero attached hydrogens (tertiary/aromatic N) is 1. The van der Waals surface area contributed by atoms with Crippen molar-refractivity contribution in [1.82, 2.24) is 0 Å². The van der Waals surface area contributed by atoms with Gasteiger partial charge in [0.1, 0.15) is 6.07 Å². The summed E-state index contributed by atoms with van der Waals surface area (Å²) < 4.78 is 5.29. The Labute approximate surface area is 100.0 Å². The molecule has 3 nitrogen and oxygen atoms in total. The van der Waals surface area contributed by atoms with Gasteiger partial charge in [-0.3, -0.25) is 0 Å². The Balaban J connectivity index is 2.13. The zero-order valence-corrected chi connectivity index (χ0v) is 9.63. The van der Waals surface area contributed by atoms with E-state index >= 15 is 0 Å². The van der Waals surface area contributed by atoms with E-state index in [2.05, 4.69) is 11.4 Å². The van der Waals surface area contributed by atoms with Crippen molar-refractivity contribution >= 4 is 17.3 Å². The van der Waals surface area contributed by atoms with Crippen LogP contribution in [0.2, 0.25) is 5.02 Å². The van der Waals surface area contributed by atoms with Gasteiger partial charge in [-0.15, -0.1) is 0 Å². The highest BCUT2D eigenvalue weighted by Crippen LogP contribution is 2.23. The van der Waals surface area contributed by atoms with Gasteiger partial charge >= 0.3 is 0 Å². The summed E-state index contributed by atoms with van der Waals surface area (Å²) in [5.41, 5.74) is 1.46. The molecule has 0 saturated carbocycles. The first-order valence-corrected chi connectivity index (χ1v) is 5.71. The minimum Gasteiger partial charge on any atom is -0.381 e. The number of nitriles is 1. The lowest BCUT2D eigenvalue weighted by Crippen LogP contribution is -2.28. The molecule has 1 aliphatic heterocycles. The molecule has 0 aromatic heterocycles. The van der Waals surface area contributed by atoms with Gasteiger partial charge in [0, 0.05) is 24.3 Å². The highest BCUT2D eigenvalue weighted by Gasteiger charge is 2.14. The molecule has 1 aromatic rings. The Morgan fingerprint density at radius 1 is 1.38 bits per heavy atom. The Bertz CT molecular complexity index is 408. The maximum Gasteiger partial charge on any atom is 0.101 e. The van der Waals surface area contributed by atoms with E-state index < -0.39 is 0 Å². The van der Waals surface area contributed by atoms with Crippen molar-refractivity contribution in [3.05, 3.63) is 28.8 Å². The summed E-state index contributed by atoms with van der Waals surface area (Å²) in [6.45, 7) is 1.56. The first-order valence-electron chi connectivity index (χ1n) is 5.33. The fourth-order valence-electron chi connectivity index (χ4n) is 1.80. The molecule has 2 rings (SSSR count). The predicted molar refractivity (Wildman–Crippen MR) is 63.6 cm³/mol. The van der Waals surface area contributed by atoms with Crippen LogP contribution in [0.4, 0.5) is 5.69 Å². The van der Waals surface area contributed by atoms with E-state index in [0.717, 1.165) is 31.7 Å². The molecule has 0 spiro atoms. The topological polar surface area (TPSA) is 45.0 Å². The van der Waals surface area contributed by atoms with Crippen molar-refractivity contribution in [3.63, 3.8) is 0 Å². The lowest BCUT2D eigenvalue weighted by molar-refractivity contribution is 0.0904. The van der Waals surface area contributed by atoms with E-state index in [9.17, 15) is 0 Å². The molecule has 0 atom stereocenters. The highest BCUT2D eigenvalue weighted by molar-refractivity contribution is 6.30. The number of hydrogen-bond acceptors (Lipinski definition) is 3. The lowest BCUT2D eigenvalue weighted by atomic mass is 10.1. The van der Waals surface area contributed by atoms with Crippen LogP contribution in [0, 0.1) is 11.3 Å². The number of benzene rings is 1. The third kappa shape index (κ3) is 2.66. The summed E-state index contributed by atoms with van der Waals surface area (Å²) in [6.07, 6.45) is 1.94. The maximum absolute atomic E-state index is 8.98. The second-order valence-corrected chi connectivity index (χ2v) is 4.27. The predicted octanol–water partition coefficient (Wildman–Crippen LogP) is 2.80. The van der Waals surface area contributed by atoms with E-state index in [1.165, 1.54) is 0 Å². The van der Waals surface area contributed by atoms with Crippen molar-refractivity contribution in [1.29, 1.82) is 5.26 Å². The quantitative estimate of drug-likeness (QED) is 0.859. The molecular formula is C12H13ClN2O. The summed E-state index contributed by atoms with van der Waals surface area (Å²) in [4.78, 5) is 0. The van der Waals surface area contributed by atoms with Crippen LogP contribution in [0.15, 0.2) is 18.2 Å². The zero-order valence-electron chi connectivity index (χ0n) is 8.87. The summed E-state index contributed by atoms with van der Waals surface area (Å²) >= 11 is 5.92. The second kappa shape index (κ2) is 5.20. The summed E-state index contributed by atoms with van der Waals surface area (Å²) in [6, 6.07) is 7.81. The van der Waals surface area contributed by atoms with Crippen molar-refractivity contribution in [2.24, 2.45) is 0 Å². The number of nitrogens with one attached hydrogen (secondary N) is 1. The Morgan fingerprint density at radius 2 is 2.12 bits per heavy atom. The van der Waals surface area contributed by atoms with Crippen LogP contribution in [0.25, 0.3) is 0 Å². The van der Waals surface area contributed by atoms with Gasteiger partial charge in [0.25, 0.3) is 0 Å². The van der Waals surface area contributed by atoms with Crippen LogP contribution in [0.1, 0.15) is 18.4 Å². The van der Waals surface area contributed by atoms with Gasteiger partial charge in [-0.2, -0.15) is 5.26 Å². The highest BCUT2D eigenvalue weighted by atomic mass is 35.5. The zero-order chi connectivity index (χ0) is 11.4. The number of hydrogen-bond donors (Lipinski definition) is 1. The van der Waals surface area contributed by atoms with E-state index in [-0.39, 0.29) is 0 Å². The first kappa shape index (κ1) is 11.3. The smallest absolute Gasteiger partial charge is 0.101 e. The Hall–Kier alpha value is -1.24. The molecule has 1 saturated heterocycles. The van der Waals surface area contributed by atoms with E-state index in [4.69, 9.17) is 21.6 Å². The summed E-state index contributed by atoms with van der Waals surface area (Å²) in [7, 11) is 0. The SMILES string of the molecule is N#Cc1ccc(Cl)cc1NC1CCOCC1. The monoisotopic (exact) mass is 236 g/mol. The van der Waals surface area contributed by atoms with Gasteiger partial charge < -0.3 is 10.1 Å². The van der Waals surface area contributed by atoms with Crippen LogP contribution in [0.3, 0.4) is 0 Å². The van der Waals surface area contributed by atoms with Crippen LogP contribution in [-0.4, -0.2) is 19.3 Å². The van der Waals surface area contributed by atoms with Gasteiger partial charge in [0.15, 0.2) is 0 Å². The van der Waals surface area contributed by atoms with Crippen molar-refractivity contribution in [3.8, 4) is 6.07 Å². The van der Waals surface area contributed by atoms with E-state index in [0.29, 0.717) is 16.6 Å². The average Bonchev–Trinajstić information content (AvgIpc) is 2.31. The molecule has 1 aliphatic rings. The molecule has 1 fully saturated rings. The molecule has 1 aromatic carbocycles. The minimum atomic E-state index is 0.374. The molecule has 0 amide bonds. The Kier molecular flexibility index (Phi) is 3.66. The number of anilines is 1. The summed E-state index contributed by atoms with van der Waals surface area (Å²) in [5.74, 6) is 0. The number of rotatable bonds is 2. The molecule has 4 heteroatoms. The van der Waals surface area contributed by atoms with Gasteiger partial charge in [-0.25, -0.2) is 0 Å². The van der Waals surface area contributed by atoms with Gasteiger partial charge in [0.2, 0.25) is 0 Å². The van der Waals surface area contributed by atoms with Gasteiger partial charge in [-0.05, 0) is 31.0 Å². The number of halogens is 1. The minimum absolute atomic E-state index is 0.374. The van der Waals surface area contributed by atoms with Crippen molar-refractivity contribution in [2.75, 3.05) is 18.5 Å². The van der Waals surface area contributed by atoms with E-state index in [1.54, 1.807) is 18.2 Å². The largest absolute Gasteiger partial charge is 0.381 e. The molecule has 0 radical (unpaired) electrons. The molecular weight excluding hydrogens is 224 g/mol. The number of ether oxygens (including phenoxy) is 1. The van der Waals surface area contributed by atoms with Crippen LogP contribution in [-0.2, 0) is 4.74 Å². The van der Waals surface area contributed by atoms with E-state index in [1.807, 2.05) is 0 Å². The van der Waals surface area contributed by atoms with Gasteiger partial charge in [-0.1, -0.05) is 11.6 Å². The molecule has 0 aliphatic carbocycles. The van der Waals surface area contributed by atoms with Crippen molar-refractivity contribution in [2.45, 2.75) is 18.9 Å². The molecule has 1 N–H and O–H groups in total. The molecule has 16 heavy (non-hydrogen) atoms. The fourth-order valence-corrected chi connectivity index (χ4v) is 1.97. The second-order valence-electron chi connectivity index (χ2n) is 3.83. The lowest BCUT2D eigenvalue weighted by Gasteiger charge is -2.24. The molecule has 1 heterocycles. The third-order valence-electron chi connectivity index (χ3n) is 2.68. The third-order valence-corrected chi connectivity index (χ3v) is 2.92. The van der Waals surface area contributed by atoms with Crippen LogP contribution >= 0.6 is 11.6 Å². The van der Waals surface area contributed by atoms with Crippen LogP contribution in [0.5, 0.6) is 0 Å².